The molecule has 0 aliphatic heterocycles. The molecule has 2 rings (SSSR count). The number of hydrogen-bond donors (Lipinski definition) is 1. The zero-order chi connectivity index (χ0) is 14.7. The molecule has 0 bridgehead atoms. The van der Waals surface area contributed by atoms with E-state index in [0.717, 1.165) is 19.3 Å². The lowest BCUT2D eigenvalue weighted by atomic mass is 10.0. The van der Waals surface area contributed by atoms with Crippen molar-refractivity contribution in [3.8, 4) is 0 Å². The Bertz CT molecular complexity index is 538. The van der Waals surface area contributed by atoms with Gasteiger partial charge in [0.25, 0.3) is 11.5 Å². The van der Waals surface area contributed by atoms with Gasteiger partial charge in [-0.15, -0.1) is 0 Å². The van der Waals surface area contributed by atoms with Crippen LogP contribution in [0, 0.1) is 5.92 Å². The maximum absolute atomic E-state index is 12.6. The minimum Gasteiger partial charge on any atom is -0.336 e. The monoisotopic (exact) mass is 277 g/mol. The number of aryl methyl sites for hydroxylation is 1. The van der Waals surface area contributed by atoms with Crippen LogP contribution in [0.2, 0.25) is 0 Å². The van der Waals surface area contributed by atoms with E-state index < -0.39 is 0 Å². The van der Waals surface area contributed by atoms with Crippen LogP contribution < -0.4 is 11.3 Å². The fourth-order valence-electron chi connectivity index (χ4n) is 3.08. The Morgan fingerprint density at radius 2 is 2.25 bits per heavy atom. The summed E-state index contributed by atoms with van der Waals surface area (Å²) in [5, 5.41) is 0. The first-order chi connectivity index (χ1) is 9.58. The van der Waals surface area contributed by atoms with Gasteiger partial charge in [0.05, 0.1) is 0 Å². The zero-order valence-corrected chi connectivity index (χ0v) is 12.2. The number of rotatable bonds is 4. The van der Waals surface area contributed by atoms with Crippen LogP contribution in [0.3, 0.4) is 0 Å². The van der Waals surface area contributed by atoms with Crippen LogP contribution >= 0.6 is 0 Å². The molecule has 110 valence electrons. The normalized spacial score (nSPS) is 21.9. The fourth-order valence-corrected chi connectivity index (χ4v) is 3.08. The summed E-state index contributed by atoms with van der Waals surface area (Å²) < 4.78 is 1.46. The number of nitrogens with two attached hydrogens (primary N) is 1. The number of carbonyl (C=O) groups excluding carboxylic acids is 1. The molecule has 1 amide bonds. The molecule has 5 nitrogen and oxygen atoms in total. The molecule has 1 saturated carbocycles. The zero-order valence-electron chi connectivity index (χ0n) is 12.2. The molecular weight excluding hydrogens is 254 g/mol. The van der Waals surface area contributed by atoms with Gasteiger partial charge in [0, 0.05) is 37.5 Å². The van der Waals surface area contributed by atoms with Crippen LogP contribution in [0.5, 0.6) is 0 Å². The van der Waals surface area contributed by atoms with Crippen molar-refractivity contribution in [1.82, 2.24) is 9.47 Å². The van der Waals surface area contributed by atoms with E-state index in [-0.39, 0.29) is 17.5 Å². The number of hydrogen-bond acceptors (Lipinski definition) is 3. The summed E-state index contributed by atoms with van der Waals surface area (Å²) in [4.78, 5) is 26.2. The third kappa shape index (κ3) is 2.77. The minimum atomic E-state index is -0.159. The molecule has 0 spiro atoms. The van der Waals surface area contributed by atoms with E-state index in [0.29, 0.717) is 24.6 Å². The number of nitrogens with zero attached hydrogens (tertiary/aromatic N) is 2. The van der Waals surface area contributed by atoms with Crippen molar-refractivity contribution in [3.63, 3.8) is 0 Å². The molecule has 2 unspecified atom stereocenters. The van der Waals surface area contributed by atoms with Gasteiger partial charge in [-0.25, -0.2) is 0 Å². The Kier molecular flexibility index (Phi) is 4.60. The summed E-state index contributed by atoms with van der Waals surface area (Å²) in [6.07, 6.45) is 4.85. The topological polar surface area (TPSA) is 68.3 Å². The lowest BCUT2D eigenvalue weighted by Crippen LogP contribution is -2.44. The molecule has 5 heteroatoms. The molecule has 2 N–H and O–H groups in total. The van der Waals surface area contributed by atoms with Crippen LogP contribution in [0.4, 0.5) is 0 Å². The van der Waals surface area contributed by atoms with Crippen molar-refractivity contribution in [1.29, 1.82) is 0 Å². The second-order valence-corrected chi connectivity index (χ2v) is 5.45. The van der Waals surface area contributed by atoms with Gasteiger partial charge in [-0.1, -0.05) is 6.42 Å². The van der Waals surface area contributed by atoms with Gasteiger partial charge >= 0.3 is 0 Å². The molecule has 1 heterocycles. The predicted molar refractivity (Wildman–Crippen MR) is 78.6 cm³/mol. The van der Waals surface area contributed by atoms with E-state index in [1.54, 1.807) is 19.3 Å². The molecule has 1 aromatic rings. The first kappa shape index (κ1) is 14.8. The van der Waals surface area contributed by atoms with Gasteiger partial charge in [0.15, 0.2) is 0 Å². The molecule has 20 heavy (non-hydrogen) atoms. The van der Waals surface area contributed by atoms with Crippen molar-refractivity contribution in [2.75, 3.05) is 13.1 Å². The molecule has 0 aromatic carbocycles. The first-order valence-electron chi connectivity index (χ1n) is 7.26. The number of amides is 1. The predicted octanol–water partition coefficient (Wildman–Crippen LogP) is 0.975. The van der Waals surface area contributed by atoms with E-state index in [9.17, 15) is 9.59 Å². The standard InChI is InChI=1S/C15H23N3O2/c1-3-18(13-6-4-5-12(13)10-16)15(20)11-7-8-17(2)14(19)9-11/h7-9,12-13H,3-6,10,16H2,1-2H3. The van der Waals surface area contributed by atoms with E-state index >= 15 is 0 Å². The van der Waals surface area contributed by atoms with Gasteiger partial charge in [-0.3, -0.25) is 9.59 Å². The van der Waals surface area contributed by atoms with Crippen LogP contribution in [0.25, 0.3) is 0 Å². The molecule has 1 aliphatic rings. The summed E-state index contributed by atoms with van der Waals surface area (Å²) >= 11 is 0. The van der Waals surface area contributed by atoms with Crippen molar-refractivity contribution < 1.29 is 4.79 Å². The molecule has 1 aromatic heterocycles. The van der Waals surface area contributed by atoms with Crippen LogP contribution in [0.15, 0.2) is 23.1 Å². The Morgan fingerprint density at radius 1 is 1.50 bits per heavy atom. The summed E-state index contributed by atoms with van der Waals surface area (Å²) in [6, 6.07) is 3.33. The van der Waals surface area contributed by atoms with Crippen molar-refractivity contribution in [2.24, 2.45) is 18.7 Å². The largest absolute Gasteiger partial charge is 0.336 e. The van der Waals surface area contributed by atoms with E-state index in [1.165, 1.54) is 10.6 Å². The Hall–Kier alpha value is -1.62. The maximum atomic E-state index is 12.6. The molecule has 1 aliphatic carbocycles. The Balaban J connectivity index is 2.24. The Morgan fingerprint density at radius 3 is 2.85 bits per heavy atom. The van der Waals surface area contributed by atoms with Crippen LogP contribution in [-0.2, 0) is 7.05 Å². The average Bonchev–Trinajstić information content (AvgIpc) is 2.91. The van der Waals surface area contributed by atoms with Gasteiger partial charge < -0.3 is 15.2 Å². The molecule has 0 radical (unpaired) electrons. The van der Waals surface area contributed by atoms with Gasteiger partial charge in [0.2, 0.25) is 0 Å². The van der Waals surface area contributed by atoms with Gasteiger partial charge in [-0.05, 0) is 38.3 Å². The summed E-state index contributed by atoms with van der Waals surface area (Å²) in [5.41, 5.74) is 6.12. The van der Waals surface area contributed by atoms with Crippen molar-refractivity contribution >= 4 is 5.91 Å². The summed E-state index contributed by atoms with van der Waals surface area (Å²) in [5.74, 6) is 0.320. The van der Waals surface area contributed by atoms with Crippen molar-refractivity contribution in [2.45, 2.75) is 32.2 Å². The van der Waals surface area contributed by atoms with Crippen LogP contribution in [0.1, 0.15) is 36.5 Å². The molecular formula is C15H23N3O2. The second kappa shape index (κ2) is 6.22. The number of aromatic nitrogens is 1. The number of carbonyl (C=O) groups is 1. The number of pyridine rings is 1. The highest BCUT2D eigenvalue weighted by atomic mass is 16.2. The lowest BCUT2D eigenvalue weighted by Gasteiger charge is -2.32. The van der Waals surface area contributed by atoms with Gasteiger partial charge in [0.1, 0.15) is 0 Å². The maximum Gasteiger partial charge on any atom is 0.254 e. The fraction of sp³-hybridized carbons (Fsp3) is 0.600. The molecule has 0 saturated heterocycles. The lowest BCUT2D eigenvalue weighted by molar-refractivity contribution is 0.0651. The molecule has 1 fully saturated rings. The second-order valence-electron chi connectivity index (χ2n) is 5.45. The smallest absolute Gasteiger partial charge is 0.254 e. The van der Waals surface area contributed by atoms with E-state index in [4.69, 9.17) is 5.73 Å². The highest BCUT2D eigenvalue weighted by molar-refractivity contribution is 5.94. The van der Waals surface area contributed by atoms with Crippen LogP contribution in [-0.4, -0.2) is 34.5 Å². The van der Waals surface area contributed by atoms with Crippen molar-refractivity contribution in [3.05, 3.63) is 34.2 Å². The van der Waals surface area contributed by atoms with E-state index in [1.807, 2.05) is 11.8 Å². The first-order valence-corrected chi connectivity index (χ1v) is 7.26. The Labute approximate surface area is 119 Å². The SMILES string of the molecule is CCN(C(=O)c1ccn(C)c(=O)c1)C1CCCC1CN. The third-order valence-electron chi connectivity index (χ3n) is 4.27. The van der Waals surface area contributed by atoms with Gasteiger partial charge in [-0.2, -0.15) is 0 Å². The highest BCUT2D eigenvalue weighted by Crippen LogP contribution is 2.30. The quantitative estimate of drug-likeness (QED) is 0.892. The highest BCUT2D eigenvalue weighted by Gasteiger charge is 2.33. The summed E-state index contributed by atoms with van der Waals surface area (Å²) in [6.45, 7) is 3.24. The molecule has 2 atom stereocenters. The average molecular weight is 277 g/mol. The third-order valence-corrected chi connectivity index (χ3v) is 4.27. The van der Waals surface area contributed by atoms with E-state index in [2.05, 4.69) is 0 Å². The summed E-state index contributed by atoms with van der Waals surface area (Å²) in [7, 11) is 1.68. The minimum absolute atomic E-state index is 0.0597.